The van der Waals surface area contributed by atoms with E-state index in [0.29, 0.717) is 12.6 Å². The second-order valence-electron chi connectivity index (χ2n) is 5.79. The first-order valence-electron chi connectivity index (χ1n) is 7.42. The van der Waals surface area contributed by atoms with Gasteiger partial charge in [0, 0.05) is 25.2 Å². The average molecular weight is 304 g/mol. The molecule has 1 aromatic carbocycles. The van der Waals surface area contributed by atoms with Crippen molar-refractivity contribution in [2.45, 2.75) is 38.4 Å². The maximum absolute atomic E-state index is 13.6. The van der Waals surface area contributed by atoms with E-state index in [1.165, 1.54) is 24.5 Å². The molecule has 1 fully saturated rings. The molecular formula is C17H21FN2S. The first-order valence-corrected chi connectivity index (χ1v) is 8.36. The molecule has 0 aliphatic heterocycles. The fraction of sp³-hybridized carbons (Fsp3) is 0.412. The number of nitrogens with zero attached hydrogens (tertiary/aromatic N) is 1. The second kappa shape index (κ2) is 6.26. The van der Waals surface area contributed by atoms with Crippen molar-refractivity contribution >= 4 is 11.3 Å². The molecule has 2 aromatic rings. The van der Waals surface area contributed by atoms with E-state index in [9.17, 15) is 4.39 Å². The van der Waals surface area contributed by atoms with Crippen molar-refractivity contribution < 1.29 is 4.39 Å². The molecule has 1 atom stereocenters. The Morgan fingerprint density at radius 1 is 1.38 bits per heavy atom. The molecule has 1 aromatic heterocycles. The highest BCUT2D eigenvalue weighted by atomic mass is 32.1. The Hall–Kier alpha value is -1.23. The molecule has 0 bridgehead atoms. The number of rotatable bonds is 6. The summed E-state index contributed by atoms with van der Waals surface area (Å²) in [5.74, 6) is -0.180. The summed E-state index contributed by atoms with van der Waals surface area (Å²) in [7, 11) is 0. The standard InChI is InChI=1S/C17H21FN2S/c1-12-2-3-14(18)8-16(12)17(9-19)20(15-4-5-15)10-13-6-7-21-11-13/h2-3,6-8,11,15,17H,4-5,9-10,19H2,1H3. The lowest BCUT2D eigenvalue weighted by atomic mass is 9.99. The molecule has 0 radical (unpaired) electrons. The van der Waals surface area contributed by atoms with Gasteiger partial charge in [0.2, 0.25) is 0 Å². The van der Waals surface area contributed by atoms with Crippen molar-refractivity contribution in [1.82, 2.24) is 4.90 Å². The number of thiophene rings is 1. The van der Waals surface area contributed by atoms with Gasteiger partial charge in [-0.25, -0.2) is 4.39 Å². The molecule has 0 spiro atoms. The molecule has 112 valence electrons. The Bertz CT molecular complexity index is 593. The number of hydrogen-bond donors (Lipinski definition) is 1. The first-order chi connectivity index (χ1) is 10.2. The Labute approximate surface area is 129 Å². The molecule has 1 aliphatic rings. The Morgan fingerprint density at radius 2 is 2.19 bits per heavy atom. The van der Waals surface area contributed by atoms with Crippen molar-refractivity contribution in [3.8, 4) is 0 Å². The summed E-state index contributed by atoms with van der Waals surface area (Å²) in [5.41, 5.74) is 9.52. The van der Waals surface area contributed by atoms with E-state index < -0.39 is 0 Å². The van der Waals surface area contributed by atoms with Gasteiger partial charge in [0.25, 0.3) is 0 Å². The zero-order valence-electron chi connectivity index (χ0n) is 12.3. The van der Waals surface area contributed by atoms with Crippen LogP contribution in [0.15, 0.2) is 35.0 Å². The van der Waals surface area contributed by atoms with Crippen LogP contribution < -0.4 is 5.73 Å². The molecule has 1 saturated carbocycles. The van der Waals surface area contributed by atoms with Gasteiger partial charge in [0.15, 0.2) is 0 Å². The number of aryl methyl sites for hydroxylation is 1. The molecule has 2 N–H and O–H groups in total. The highest BCUT2D eigenvalue weighted by molar-refractivity contribution is 7.07. The molecule has 3 rings (SSSR count). The molecule has 21 heavy (non-hydrogen) atoms. The number of hydrogen-bond acceptors (Lipinski definition) is 3. The van der Waals surface area contributed by atoms with Crippen LogP contribution in [-0.4, -0.2) is 17.5 Å². The van der Waals surface area contributed by atoms with Crippen LogP contribution in [-0.2, 0) is 6.54 Å². The van der Waals surface area contributed by atoms with Crippen molar-refractivity contribution in [2.75, 3.05) is 6.54 Å². The molecule has 1 aliphatic carbocycles. The summed E-state index contributed by atoms with van der Waals surface area (Å²) in [6.45, 7) is 3.45. The topological polar surface area (TPSA) is 29.3 Å². The quantitative estimate of drug-likeness (QED) is 0.878. The fourth-order valence-corrected chi connectivity index (χ4v) is 3.56. The van der Waals surface area contributed by atoms with E-state index in [2.05, 4.69) is 21.7 Å². The molecule has 1 unspecified atom stereocenters. The first kappa shape index (κ1) is 14.7. The van der Waals surface area contributed by atoms with Gasteiger partial charge < -0.3 is 5.73 Å². The van der Waals surface area contributed by atoms with Crippen LogP contribution in [0.2, 0.25) is 0 Å². The van der Waals surface area contributed by atoms with E-state index in [0.717, 1.165) is 17.7 Å². The molecule has 1 heterocycles. The summed E-state index contributed by atoms with van der Waals surface area (Å²) in [5, 5.41) is 4.28. The van der Waals surface area contributed by atoms with Crippen LogP contribution in [0.1, 0.15) is 35.6 Å². The van der Waals surface area contributed by atoms with Crippen molar-refractivity contribution in [3.05, 3.63) is 57.5 Å². The minimum Gasteiger partial charge on any atom is -0.329 e. The largest absolute Gasteiger partial charge is 0.329 e. The van der Waals surface area contributed by atoms with Crippen LogP contribution in [0.3, 0.4) is 0 Å². The highest BCUT2D eigenvalue weighted by Crippen LogP contribution is 2.36. The van der Waals surface area contributed by atoms with E-state index >= 15 is 0 Å². The van der Waals surface area contributed by atoms with Gasteiger partial charge in [0.1, 0.15) is 5.82 Å². The maximum atomic E-state index is 13.6. The monoisotopic (exact) mass is 304 g/mol. The maximum Gasteiger partial charge on any atom is 0.123 e. The average Bonchev–Trinajstić information content (AvgIpc) is 3.19. The van der Waals surface area contributed by atoms with Crippen molar-refractivity contribution in [3.63, 3.8) is 0 Å². The van der Waals surface area contributed by atoms with Crippen LogP contribution in [0.25, 0.3) is 0 Å². The minimum atomic E-state index is -0.180. The van der Waals surface area contributed by atoms with Crippen molar-refractivity contribution in [1.29, 1.82) is 0 Å². The van der Waals surface area contributed by atoms with E-state index in [4.69, 9.17) is 5.73 Å². The third kappa shape index (κ3) is 3.34. The van der Waals surface area contributed by atoms with Gasteiger partial charge >= 0.3 is 0 Å². The third-order valence-electron chi connectivity index (χ3n) is 4.19. The predicted molar refractivity (Wildman–Crippen MR) is 85.8 cm³/mol. The lowest BCUT2D eigenvalue weighted by molar-refractivity contribution is 0.181. The predicted octanol–water partition coefficient (Wildman–Crippen LogP) is 3.86. The Kier molecular flexibility index (Phi) is 4.38. The summed E-state index contributed by atoms with van der Waals surface area (Å²) in [4.78, 5) is 2.45. The molecule has 2 nitrogen and oxygen atoms in total. The van der Waals surface area contributed by atoms with E-state index in [1.807, 2.05) is 13.0 Å². The van der Waals surface area contributed by atoms with Crippen LogP contribution in [0.5, 0.6) is 0 Å². The molecule has 0 amide bonds. The zero-order chi connectivity index (χ0) is 14.8. The fourth-order valence-electron chi connectivity index (χ4n) is 2.90. The summed E-state index contributed by atoms with van der Waals surface area (Å²) < 4.78 is 13.6. The summed E-state index contributed by atoms with van der Waals surface area (Å²) >= 11 is 1.72. The molecule has 0 saturated heterocycles. The van der Waals surface area contributed by atoms with E-state index in [-0.39, 0.29) is 11.9 Å². The number of nitrogens with two attached hydrogens (primary N) is 1. The molecule has 4 heteroatoms. The van der Waals surface area contributed by atoms with Crippen molar-refractivity contribution in [2.24, 2.45) is 5.73 Å². The normalized spacial score (nSPS) is 16.4. The van der Waals surface area contributed by atoms with Gasteiger partial charge in [-0.3, -0.25) is 4.90 Å². The lowest BCUT2D eigenvalue weighted by Crippen LogP contribution is -2.35. The third-order valence-corrected chi connectivity index (χ3v) is 4.92. The lowest BCUT2D eigenvalue weighted by Gasteiger charge is -2.32. The Morgan fingerprint density at radius 3 is 2.81 bits per heavy atom. The van der Waals surface area contributed by atoms with Gasteiger partial charge in [-0.2, -0.15) is 11.3 Å². The minimum absolute atomic E-state index is 0.0908. The summed E-state index contributed by atoms with van der Waals surface area (Å²) in [6, 6.07) is 7.85. The van der Waals surface area contributed by atoms with Crippen LogP contribution >= 0.6 is 11.3 Å². The van der Waals surface area contributed by atoms with Gasteiger partial charge in [-0.1, -0.05) is 6.07 Å². The molecular weight excluding hydrogens is 283 g/mol. The van der Waals surface area contributed by atoms with Crippen LogP contribution in [0.4, 0.5) is 4.39 Å². The van der Waals surface area contributed by atoms with Gasteiger partial charge in [0.05, 0.1) is 0 Å². The summed E-state index contributed by atoms with van der Waals surface area (Å²) in [6.07, 6.45) is 2.43. The zero-order valence-corrected chi connectivity index (χ0v) is 13.1. The van der Waals surface area contributed by atoms with Crippen LogP contribution in [0, 0.1) is 12.7 Å². The smallest absolute Gasteiger partial charge is 0.123 e. The SMILES string of the molecule is Cc1ccc(F)cc1C(CN)N(Cc1ccsc1)C1CC1. The Balaban J connectivity index is 1.89. The van der Waals surface area contributed by atoms with Gasteiger partial charge in [-0.15, -0.1) is 0 Å². The van der Waals surface area contributed by atoms with E-state index in [1.54, 1.807) is 17.4 Å². The highest BCUT2D eigenvalue weighted by Gasteiger charge is 2.34. The number of benzene rings is 1. The second-order valence-corrected chi connectivity index (χ2v) is 6.57. The van der Waals surface area contributed by atoms with Gasteiger partial charge in [-0.05, 0) is 65.4 Å². The number of halogens is 1.